The second kappa shape index (κ2) is 8.39. The summed E-state index contributed by atoms with van der Waals surface area (Å²) in [6.45, 7) is 2.78. The van der Waals surface area contributed by atoms with Crippen LogP contribution in [-0.4, -0.2) is 37.9 Å². The SMILES string of the molecule is O=S(=O)(c1ccc(C(F)(F)F)nc1)N1CC2(CCN(Cc3ccccc3)CC2)c2ccccc21. The van der Waals surface area contributed by atoms with Crippen molar-refractivity contribution < 1.29 is 21.6 Å². The molecule has 0 unspecified atom stereocenters. The van der Waals surface area contributed by atoms with Crippen molar-refractivity contribution in [2.45, 2.75) is 35.9 Å². The zero-order valence-electron chi connectivity index (χ0n) is 18.4. The van der Waals surface area contributed by atoms with E-state index >= 15 is 0 Å². The number of sulfonamides is 1. The first-order valence-corrected chi connectivity index (χ1v) is 12.5. The summed E-state index contributed by atoms with van der Waals surface area (Å²) in [5.41, 5.74) is 1.38. The Bertz CT molecular complexity index is 1270. The standard InChI is InChI=1S/C25H24F3N3O2S/c26-25(27,28)23-11-10-20(16-29-23)34(32,33)31-18-24(21-8-4-5-9-22(21)31)12-14-30(15-13-24)17-19-6-2-1-3-7-19/h1-11,16H,12-15,17-18H2. The zero-order valence-corrected chi connectivity index (χ0v) is 19.2. The Kier molecular flexibility index (Phi) is 5.64. The second-order valence-electron chi connectivity index (χ2n) is 8.95. The van der Waals surface area contributed by atoms with Crippen molar-refractivity contribution >= 4 is 15.7 Å². The second-order valence-corrected chi connectivity index (χ2v) is 10.8. The van der Waals surface area contributed by atoms with Crippen LogP contribution >= 0.6 is 0 Å². The molecule has 5 rings (SSSR count). The Morgan fingerprint density at radius 3 is 2.24 bits per heavy atom. The van der Waals surface area contributed by atoms with Crippen LogP contribution in [-0.2, 0) is 28.2 Å². The molecule has 1 spiro atoms. The molecule has 0 bridgehead atoms. The minimum Gasteiger partial charge on any atom is -0.299 e. The summed E-state index contributed by atoms with van der Waals surface area (Å²) in [4.78, 5) is 5.49. The van der Waals surface area contributed by atoms with Gasteiger partial charge in [-0.25, -0.2) is 8.42 Å². The molecule has 1 aromatic heterocycles. The number of halogens is 3. The van der Waals surface area contributed by atoms with Crippen molar-refractivity contribution in [3.05, 3.63) is 89.7 Å². The van der Waals surface area contributed by atoms with Crippen LogP contribution in [0.5, 0.6) is 0 Å². The van der Waals surface area contributed by atoms with Crippen molar-refractivity contribution in [3.8, 4) is 0 Å². The van der Waals surface area contributed by atoms with Crippen LogP contribution in [0.2, 0.25) is 0 Å². The number of benzene rings is 2. The number of aromatic nitrogens is 1. The molecular weight excluding hydrogens is 463 g/mol. The molecule has 0 radical (unpaired) electrons. The maximum Gasteiger partial charge on any atom is 0.433 e. The molecular formula is C25H24F3N3O2S. The Morgan fingerprint density at radius 2 is 1.59 bits per heavy atom. The van der Waals surface area contributed by atoms with Crippen LogP contribution in [0.25, 0.3) is 0 Å². The number of alkyl halides is 3. The minimum atomic E-state index is -4.62. The highest BCUT2D eigenvalue weighted by Crippen LogP contribution is 2.48. The third-order valence-electron chi connectivity index (χ3n) is 6.87. The molecule has 0 saturated carbocycles. The highest BCUT2D eigenvalue weighted by molar-refractivity contribution is 7.92. The van der Waals surface area contributed by atoms with E-state index < -0.39 is 21.9 Å². The Hall–Kier alpha value is -2.91. The smallest absolute Gasteiger partial charge is 0.299 e. The predicted octanol–water partition coefficient (Wildman–Crippen LogP) is 4.84. The number of nitrogens with zero attached hydrogens (tertiary/aromatic N) is 3. The molecule has 0 amide bonds. The molecule has 0 atom stereocenters. The summed E-state index contributed by atoms with van der Waals surface area (Å²) < 4.78 is 67.0. The fourth-order valence-electron chi connectivity index (χ4n) is 5.04. The van der Waals surface area contributed by atoms with E-state index in [0.29, 0.717) is 11.8 Å². The molecule has 2 aliphatic heterocycles. The highest BCUT2D eigenvalue weighted by atomic mass is 32.2. The van der Waals surface area contributed by atoms with Crippen LogP contribution in [0, 0.1) is 0 Å². The quantitative estimate of drug-likeness (QED) is 0.528. The van der Waals surface area contributed by atoms with E-state index in [4.69, 9.17) is 0 Å². The molecule has 178 valence electrons. The van der Waals surface area contributed by atoms with Crippen molar-refractivity contribution in [2.24, 2.45) is 0 Å². The van der Waals surface area contributed by atoms with E-state index in [1.165, 1.54) is 9.87 Å². The van der Waals surface area contributed by atoms with Gasteiger partial charge in [-0.2, -0.15) is 13.2 Å². The molecule has 0 N–H and O–H groups in total. The summed E-state index contributed by atoms with van der Waals surface area (Å²) in [6, 6.07) is 19.4. The monoisotopic (exact) mass is 487 g/mol. The summed E-state index contributed by atoms with van der Waals surface area (Å²) in [5.74, 6) is 0. The van der Waals surface area contributed by atoms with Gasteiger partial charge in [0.25, 0.3) is 10.0 Å². The number of piperidine rings is 1. The lowest BCUT2D eigenvalue weighted by Gasteiger charge is -2.40. The molecule has 5 nitrogen and oxygen atoms in total. The Balaban J connectivity index is 1.40. The normalized spacial score (nSPS) is 18.3. The average Bonchev–Trinajstić information content (AvgIpc) is 3.16. The molecule has 2 aliphatic rings. The fraction of sp³-hybridized carbons (Fsp3) is 0.320. The number of hydrogen-bond acceptors (Lipinski definition) is 4. The van der Waals surface area contributed by atoms with Gasteiger partial charge in [0.2, 0.25) is 0 Å². The van der Waals surface area contributed by atoms with Gasteiger partial charge in [-0.15, -0.1) is 0 Å². The molecule has 0 aliphatic carbocycles. The van der Waals surface area contributed by atoms with Crippen LogP contribution < -0.4 is 4.31 Å². The number of fused-ring (bicyclic) bond motifs is 2. The number of pyridine rings is 1. The lowest BCUT2D eigenvalue weighted by molar-refractivity contribution is -0.141. The van der Waals surface area contributed by atoms with Gasteiger partial charge < -0.3 is 0 Å². The van der Waals surface area contributed by atoms with Gasteiger partial charge in [0.05, 0.1) is 5.69 Å². The molecule has 1 saturated heterocycles. The Labute approximate surface area is 196 Å². The van der Waals surface area contributed by atoms with Crippen molar-refractivity contribution in [1.29, 1.82) is 0 Å². The number of anilines is 1. The number of likely N-dealkylation sites (tertiary alicyclic amines) is 1. The number of para-hydroxylation sites is 1. The highest BCUT2D eigenvalue weighted by Gasteiger charge is 2.48. The van der Waals surface area contributed by atoms with Crippen molar-refractivity contribution in [2.75, 3.05) is 23.9 Å². The summed E-state index contributed by atoms with van der Waals surface area (Å²) >= 11 is 0. The van der Waals surface area contributed by atoms with E-state index in [0.717, 1.165) is 50.3 Å². The largest absolute Gasteiger partial charge is 0.433 e. The van der Waals surface area contributed by atoms with Crippen LogP contribution in [0.1, 0.15) is 29.7 Å². The average molecular weight is 488 g/mol. The summed E-state index contributed by atoms with van der Waals surface area (Å²) in [6.07, 6.45) is -2.23. The third kappa shape index (κ3) is 4.07. The van der Waals surface area contributed by atoms with Gasteiger partial charge >= 0.3 is 6.18 Å². The molecule has 3 aromatic rings. The maximum atomic E-state index is 13.5. The van der Waals surface area contributed by atoms with Gasteiger partial charge in [0.15, 0.2) is 0 Å². The first kappa shape index (κ1) is 22.9. The van der Waals surface area contributed by atoms with Crippen molar-refractivity contribution in [1.82, 2.24) is 9.88 Å². The molecule has 3 heterocycles. The molecule has 1 fully saturated rings. The lowest BCUT2D eigenvalue weighted by Crippen LogP contribution is -2.45. The summed E-state index contributed by atoms with van der Waals surface area (Å²) in [5, 5.41) is 0. The first-order chi connectivity index (χ1) is 16.2. The van der Waals surface area contributed by atoms with E-state index in [1.807, 2.05) is 30.3 Å². The topological polar surface area (TPSA) is 53.5 Å². The van der Waals surface area contributed by atoms with Gasteiger partial charge in [-0.05, 0) is 55.3 Å². The Morgan fingerprint density at radius 1 is 0.912 bits per heavy atom. The minimum absolute atomic E-state index is 0.242. The third-order valence-corrected chi connectivity index (χ3v) is 8.61. The summed E-state index contributed by atoms with van der Waals surface area (Å²) in [7, 11) is -4.06. The number of rotatable bonds is 4. The lowest BCUT2D eigenvalue weighted by atomic mass is 9.74. The van der Waals surface area contributed by atoms with E-state index in [9.17, 15) is 21.6 Å². The van der Waals surface area contributed by atoms with Crippen molar-refractivity contribution in [3.63, 3.8) is 0 Å². The van der Waals surface area contributed by atoms with E-state index in [-0.39, 0.29) is 16.9 Å². The van der Waals surface area contributed by atoms with E-state index in [1.54, 1.807) is 12.1 Å². The van der Waals surface area contributed by atoms with Gasteiger partial charge in [-0.1, -0.05) is 48.5 Å². The fourth-order valence-corrected chi connectivity index (χ4v) is 6.55. The number of hydrogen-bond donors (Lipinski definition) is 0. The van der Waals surface area contributed by atoms with Crippen LogP contribution in [0.4, 0.5) is 18.9 Å². The maximum absolute atomic E-state index is 13.5. The first-order valence-electron chi connectivity index (χ1n) is 11.1. The van der Waals surface area contributed by atoms with Crippen LogP contribution in [0.3, 0.4) is 0 Å². The molecule has 2 aromatic carbocycles. The van der Waals surface area contributed by atoms with Crippen LogP contribution in [0.15, 0.2) is 77.8 Å². The predicted molar refractivity (Wildman–Crippen MR) is 123 cm³/mol. The van der Waals surface area contributed by atoms with Gasteiger partial charge in [-0.3, -0.25) is 14.2 Å². The van der Waals surface area contributed by atoms with Gasteiger partial charge in [0.1, 0.15) is 10.6 Å². The van der Waals surface area contributed by atoms with E-state index in [2.05, 4.69) is 22.0 Å². The molecule has 34 heavy (non-hydrogen) atoms. The van der Waals surface area contributed by atoms with Gasteiger partial charge in [0, 0.05) is 24.7 Å². The molecule has 9 heteroatoms. The zero-order chi connectivity index (χ0) is 24.0.